The van der Waals surface area contributed by atoms with Crippen molar-refractivity contribution in [3.63, 3.8) is 0 Å². The number of benzene rings is 1. The molecule has 6 nitrogen and oxygen atoms in total. The van der Waals surface area contributed by atoms with Crippen molar-refractivity contribution in [1.82, 2.24) is 9.97 Å². The summed E-state index contributed by atoms with van der Waals surface area (Å²) < 4.78 is 10.9. The van der Waals surface area contributed by atoms with Crippen molar-refractivity contribution in [2.24, 2.45) is 0 Å². The van der Waals surface area contributed by atoms with Gasteiger partial charge in [-0.1, -0.05) is 23.4 Å². The minimum absolute atomic E-state index is 0.189. The molecule has 1 aliphatic heterocycles. The number of halogens is 1. The second kappa shape index (κ2) is 6.85. The zero-order valence-electron chi connectivity index (χ0n) is 11.4. The van der Waals surface area contributed by atoms with Crippen LogP contribution in [-0.4, -0.2) is 34.8 Å². The van der Waals surface area contributed by atoms with Crippen LogP contribution in [0.5, 0.6) is 11.5 Å². The van der Waals surface area contributed by atoms with Crippen molar-refractivity contribution in [1.29, 1.82) is 0 Å². The van der Waals surface area contributed by atoms with Gasteiger partial charge in [-0.05, 0) is 6.07 Å². The molecule has 0 aliphatic carbocycles. The smallest absolute Gasteiger partial charge is 0.234 e. The van der Waals surface area contributed by atoms with Crippen LogP contribution in [0.25, 0.3) is 0 Å². The number of fused-ring (bicyclic) bond motifs is 1. The molecule has 0 bridgehead atoms. The molecule has 1 N–H and O–H groups in total. The largest absolute Gasteiger partial charge is 0.486 e. The zero-order chi connectivity index (χ0) is 15.4. The van der Waals surface area contributed by atoms with Crippen LogP contribution in [-0.2, 0) is 4.79 Å². The Bertz CT molecular complexity index is 685. The number of hydrogen-bond donors (Lipinski definition) is 1. The first kappa shape index (κ1) is 14.9. The fourth-order valence-corrected chi connectivity index (χ4v) is 2.64. The normalized spacial score (nSPS) is 12.8. The van der Waals surface area contributed by atoms with E-state index in [0.717, 1.165) is 0 Å². The van der Waals surface area contributed by atoms with E-state index in [-0.39, 0.29) is 11.7 Å². The number of carbonyl (C=O) groups is 1. The first-order chi connectivity index (χ1) is 10.7. The molecule has 1 amide bonds. The topological polar surface area (TPSA) is 73.3 Å². The summed E-state index contributed by atoms with van der Waals surface area (Å²) in [6.45, 7) is 0.964. The molecule has 0 atom stereocenters. The Balaban J connectivity index is 1.64. The fraction of sp³-hybridized carbons (Fsp3) is 0.214. The number of aromatic nitrogens is 2. The number of thioether (sulfide) groups is 1. The average Bonchev–Trinajstić information content (AvgIpc) is 2.55. The Hall–Kier alpha value is -1.99. The fourth-order valence-electron chi connectivity index (χ4n) is 1.84. The van der Waals surface area contributed by atoms with Crippen LogP contribution >= 0.6 is 23.4 Å². The van der Waals surface area contributed by atoms with Gasteiger partial charge < -0.3 is 14.8 Å². The molecule has 3 rings (SSSR count). The molecule has 8 heteroatoms. The maximum Gasteiger partial charge on any atom is 0.234 e. The van der Waals surface area contributed by atoms with Gasteiger partial charge >= 0.3 is 0 Å². The zero-order valence-corrected chi connectivity index (χ0v) is 13.0. The SMILES string of the molecule is O=C(CSc1ncccn1)Nc1cc2c(cc1Cl)OCCO2. The highest BCUT2D eigenvalue weighted by Crippen LogP contribution is 2.37. The predicted octanol–water partition coefficient (Wildman–Crippen LogP) is 2.63. The second-order valence-electron chi connectivity index (χ2n) is 4.34. The summed E-state index contributed by atoms with van der Waals surface area (Å²) in [5.41, 5.74) is 0.491. The molecule has 0 unspecified atom stereocenters. The molecule has 22 heavy (non-hydrogen) atoms. The molecule has 1 aliphatic rings. The van der Waals surface area contributed by atoms with Gasteiger partial charge in [-0.2, -0.15) is 0 Å². The first-order valence-electron chi connectivity index (χ1n) is 6.51. The summed E-state index contributed by atoms with van der Waals surface area (Å²) in [6.07, 6.45) is 3.26. The number of hydrogen-bond acceptors (Lipinski definition) is 6. The Kier molecular flexibility index (Phi) is 4.65. The van der Waals surface area contributed by atoms with Gasteiger partial charge in [-0.15, -0.1) is 0 Å². The summed E-state index contributed by atoms with van der Waals surface area (Å²) in [6, 6.07) is 5.02. The molecule has 2 heterocycles. The minimum Gasteiger partial charge on any atom is -0.486 e. The van der Waals surface area contributed by atoms with E-state index in [1.165, 1.54) is 11.8 Å². The predicted molar refractivity (Wildman–Crippen MR) is 83.8 cm³/mol. The number of nitrogens with zero attached hydrogens (tertiary/aromatic N) is 2. The number of nitrogens with one attached hydrogen (secondary N) is 1. The second-order valence-corrected chi connectivity index (χ2v) is 5.69. The van der Waals surface area contributed by atoms with Gasteiger partial charge in [0.1, 0.15) is 13.2 Å². The lowest BCUT2D eigenvalue weighted by Gasteiger charge is -2.19. The lowest BCUT2D eigenvalue weighted by Crippen LogP contribution is -2.17. The molecule has 0 spiro atoms. The third-order valence-corrected chi connectivity index (χ3v) is 3.97. The monoisotopic (exact) mass is 337 g/mol. The van der Waals surface area contributed by atoms with Gasteiger partial charge in [0.25, 0.3) is 0 Å². The third-order valence-electron chi connectivity index (χ3n) is 2.78. The van der Waals surface area contributed by atoms with Crippen LogP contribution < -0.4 is 14.8 Å². The molecule has 0 radical (unpaired) electrons. The van der Waals surface area contributed by atoms with Gasteiger partial charge in [-0.3, -0.25) is 4.79 Å². The minimum atomic E-state index is -0.198. The maximum absolute atomic E-state index is 12.0. The third kappa shape index (κ3) is 3.61. The van der Waals surface area contributed by atoms with Crippen LogP contribution in [0.15, 0.2) is 35.7 Å². The number of ether oxygens (including phenoxy) is 2. The van der Waals surface area contributed by atoms with Gasteiger partial charge in [0, 0.05) is 24.5 Å². The Labute approximate surface area is 136 Å². The summed E-state index contributed by atoms with van der Waals surface area (Å²) in [7, 11) is 0. The van der Waals surface area contributed by atoms with E-state index in [0.29, 0.717) is 40.6 Å². The molecule has 0 fully saturated rings. The molecule has 2 aromatic rings. The van der Waals surface area contributed by atoms with Crippen molar-refractivity contribution in [2.75, 3.05) is 24.3 Å². The van der Waals surface area contributed by atoms with Gasteiger partial charge in [0.2, 0.25) is 5.91 Å². The number of rotatable bonds is 4. The highest BCUT2D eigenvalue weighted by molar-refractivity contribution is 7.99. The summed E-state index contributed by atoms with van der Waals surface area (Å²) >= 11 is 7.39. The van der Waals surface area contributed by atoms with Crippen LogP contribution in [0.3, 0.4) is 0 Å². The quantitative estimate of drug-likeness (QED) is 0.683. The van der Waals surface area contributed by atoms with Crippen molar-refractivity contribution in [2.45, 2.75) is 5.16 Å². The van der Waals surface area contributed by atoms with Crippen LogP contribution in [0.1, 0.15) is 0 Å². The van der Waals surface area contributed by atoms with Crippen molar-refractivity contribution in [3.05, 3.63) is 35.6 Å². The maximum atomic E-state index is 12.0. The average molecular weight is 338 g/mol. The van der Waals surface area contributed by atoms with Crippen LogP contribution in [0, 0.1) is 0 Å². The van der Waals surface area contributed by atoms with E-state index in [4.69, 9.17) is 21.1 Å². The number of carbonyl (C=O) groups excluding carboxylic acids is 1. The molecule has 1 aromatic heterocycles. The Morgan fingerprint density at radius 2 is 1.91 bits per heavy atom. The molecule has 0 saturated heterocycles. The van der Waals surface area contributed by atoms with E-state index in [2.05, 4.69) is 15.3 Å². The summed E-state index contributed by atoms with van der Waals surface area (Å²) in [5, 5.41) is 3.70. The van der Waals surface area contributed by atoms with Crippen molar-refractivity contribution >= 4 is 35.0 Å². The molecular weight excluding hydrogens is 326 g/mol. The van der Waals surface area contributed by atoms with E-state index >= 15 is 0 Å². The Morgan fingerprint density at radius 3 is 2.64 bits per heavy atom. The van der Waals surface area contributed by atoms with Crippen molar-refractivity contribution < 1.29 is 14.3 Å². The molecule has 0 saturated carbocycles. The summed E-state index contributed by atoms with van der Waals surface area (Å²) in [5.74, 6) is 1.15. The molecular formula is C14H12ClN3O3S. The lowest BCUT2D eigenvalue weighted by molar-refractivity contribution is -0.113. The van der Waals surface area contributed by atoms with Crippen molar-refractivity contribution in [3.8, 4) is 11.5 Å². The molecule has 1 aromatic carbocycles. The number of amides is 1. The first-order valence-corrected chi connectivity index (χ1v) is 7.87. The van der Waals surface area contributed by atoms with Gasteiger partial charge in [-0.25, -0.2) is 9.97 Å². The van der Waals surface area contributed by atoms with Crippen LogP contribution in [0.4, 0.5) is 5.69 Å². The highest BCUT2D eigenvalue weighted by atomic mass is 35.5. The highest BCUT2D eigenvalue weighted by Gasteiger charge is 2.16. The van der Waals surface area contributed by atoms with E-state index in [1.807, 2.05) is 0 Å². The lowest BCUT2D eigenvalue weighted by atomic mass is 10.2. The van der Waals surface area contributed by atoms with Gasteiger partial charge in [0.05, 0.1) is 16.5 Å². The van der Waals surface area contributed by atoms with E-state index in [1.54, 1.807) is 30.6 Å². The van der Waals surface area contributed by atoms with E-state index in [9.17, 15) is 4.79 Å². The summed E-state index contributed by atoms with van der Waals surface area (Å²) in [4.78, 5) is 20.1. The van der Waals surface area contributed by atoms with Crippen LogP contribution in [0.2, 0.25) is 5.02 Å². The Morgan fingerprint density at radius 1 is 1.23 bits per heavy atom. The molecule has 114 valence electrons. The number of anilines is 1. The standard InChI is InChI=1S/C14H12ClN3O3S/c15-9-6-11-12(21-5-4-20-11)7-10(9)18-13(19)8-22-14-16-2-1-3-17-14/h1-3,6-7H,4-5,8H2,(H,18,19). The van der Waals surface area contributed by atoms with E-state index < -0.39 is 0 Å². The van der Waals surface area contributed by atoms with Gasteiger partial charge in [0.15, 0.2) is 16.7 Å².